The molecule has 0 aromatic heterocycles. The van der Waals surface area contributed by atoms with Crippen molar-refractivity contribution >= 4 is 17.9 Å². The molecule has 3 aromatic rings. The maximum absolute atomic E-state index is 11.5. The van der Waals surface area contributed by atoms with E-state index in [-0.39, 0.29) is 5.75 Å². The molecule has 0 atom stereocenters. The van der Waals surface area contributed by atoms with E-state index in [0.717, 1.165) is 20.9 Å². The molecular formula is C21H19NO3S. The zero-order valence-electron chi connectivity index (χ0n) is 14.1. The molecule has 3 rings (SSSR count). The number of carbonyl (C=O) groups is 1. The van der Waals surface area contributed by atoms with Crippen LogP contribution < -0.4 is 0 Å². The summed E-state index contributed by atoms with van der Waals surface area (Å²) in [5.74, 6) is 0.247. The van der Waals surface area contributed by atoms with Crippen molar-refractivity contribution < 1.29 is 15.0 Å². The molecule has 0 aliphatic rings. The fourth-order valence-electron chi connectivity index (χ4n) is 2.53. The Kier molecular flexibility index (Phi) is 5.81. The number of nitrogens with zero attached hydrogens (tertiary/aromatic N) is 1. The lowest BCUT2D eigenvalue weighted by Gasteiger charge is -2.19. The molecule has 5 heteroatoms. The molecule has 0 radical (unpaired) electrons. The van der Waals surface area contributed by atoms with Crippen LogP contribution in [0, 0.1) is 0 Å². The Bertz CT molecular complexity index is 849. The quantitative estimate of drug-likeness (QED) is 0.628. The van der Waals surface area contributed by atoms with Crippen LogP contribution in [-0.4, -0.2) is 21.2 Å². The monoisotopic (exact) mass is 365 g/mol. The van der Waals surface area contributed by atoms with Gasteiger partial charge in [0, 0.05) is 22.9 Å². The lowest BCUT2D eigenvalue weighted by atomic mass is 10.2. The van der Waals surface area contributed by atoms with Crippen molar-refractivity contribution in [1.82, 2.24) is 4.90 Å². The normalized spacial score (nSPS) is 10.5. The van der Waals surface area contributed by atoms with Gasteiger partial charge in [0.05, 0.1) is 0 Å². The molecule has 0 fully saturated rings. The van der Waals surface area contributed by atoms with Crippen molar-refractivity contribution in [3.05, 3.63) is 90.0 Å². The maximum atomic E-state index is 11.5. The average Bonchev–Trinajstić information content (AvgIpc) is 2.65. The van der Waals surface area contributed by atoms with E-state index in [1.807, 2.05) is 66.7 Å². The molecule has 0 spiro atoms. The maximum Gasteiger partial charge on any atom is 0.407 e. The Morgan fingerprint density at radius 1 is 0.769 bits per heavy atom. The zero-order valence-corrected chi connectivity index (χ0v) is 14.9. The summed E-state index contributed by atoms with van der Waals surface area (Å²) in [6.45, 7) is 0.703. The van der Waals surface area contributed by atoms with E-state index < -0.39 is 6.09 Å². The van der Waals surface area contributed by atoms with E-state index in [0.29, 0.717) is 13.1 Å². The van der Waals surface area contributed by atoms with Gasteiger partial charge in [-0.3, -0.25) is 4.90 Å². The molecular weight excluding hydrogens is 346 g/mol. The van der Waals surface area contributed by atoms with Crippen molar-refractivity contribution in [1.29, 1.82) is 0 Å². The molecule has 0 saturated carbocycles. The highest BCUT2D eigenvalue weighted by molar-refractivity contribution is 7.99. The number of amides is 1. The SMILES string of the molecule is O=C(O)N(Cc1ccccc1)Cc1ccc(Sc2ccc(O)cc2)cc1. The van der Waals surface area contributed by atoms with Gasteiger partial charge in [-0.05, 0) is 47.5 Å². The third-order valence-electron chi connectivity index (χ3n) is 3.86. The second-order valence-electron chi connectivity index (χ2n) is 5.86. The van der Waals surface area contributed by atoms with Gasteiger partial charge in [0.1, 0.15) is 5.75 Å². The smallest absolute Gasteiger partial charge is 0.407 e. The van der Waals surface area contributed by atoms with Gasteiger partial charge in [-0.15, -0.1) is 0 Å². The number of phenols is 1. The molecule has 132 valence electrons. The van der Waals surface area contributed by atoms with E-state index in [4.69, 9.17) is 0 Å². The van der Waals surface area contributed by atoms with Crippen LogP contribution in [0.4, 0.5) is 4.79 Å². The standard InChI is InChI=1S/C21H19NO3S/c23-18-8-12-20(13-9-18)26-19-10-6-17(7-11-19)15-22(21(24)25)14-16-4-2-1-3-5-16/h1-13,23H,14-15H2,(H,24,25). The van der Waals surface area contributed by atoms with Crippen molar-refractivity contribution in [2.75, 3.05) is 0 Å². The van der Waals surface area contributed by atoms with E-state index in [2.05, 4.69) is 0 Å². The Labute approximate surface area is 156 Å². The zero-order chi connectivity index (χ0) is 18.4. The third kappa shape index (κ3) is 5.04. The van der Waals surface area contributed by atoms with E-state index in [1.54, 1.807) is 23.9 Å². The van der Waals surface area contributed by atoms with E-state index >= 15 is 0 Å². The first kappa shape index (κ1) is 17.9. The number of benzene rings is 3. The fourth-order valence-corrected chi connectivity index (χ4v) is 3.35. The number of phenolic OH excluding ortho intramolecular Hbond substituents is 1. The largest absolute Gasteiger partial charge is 0.508 e. The van der Waals surface area contributed by atoms with E-state index in [1.165, 1.54) is 4.90 Å². The molecule has 0 unspecified atom stereocenters. The van der Waals surface area contributed by atoms with Crippen LogP contribution in [0.5, 0.6) is 5.75 Å². The Balaban J connectivity index is 1.65. The van der Waals surface area contributed by atoms with Crippen molar-refractivity contribution in [2.24, 2.45) is 0 Å². The van der Waals surface area contributed by atoms with Crippen LogP contribution in [0.3, 0.4) is 0 Å². The molecule has 0 bridgehead atoms. The summed E-state index contributed by atoms with van der Waals surface area (Å²) in [6, 6.07) is 24.5. The highest BCUT2D eigenvalue weighted by Gasteiger charge is 2.13. The molecule has 0 aliphatic heterocycles. The van der Waals surface area contributed by atoms with Gasteiger partial charge in [0.15, 0.2) is 0 Å². The molecule has 2 N–H and O–H groups in total. The minimum atomic E-state index is -0.934. The lowest BCUT2D eigenvalue weighted by molar-refractivity contribution is 0.139. The van der Waals surface area contributed by atoms with Crippen LogP contribution in [0.15, 0.2) is 88.7 Å². The van der Waals surface area contributed by atoms with Crippen molar-refractivity contribution in [3.63, 3.8) is 0 Å². The van der Waals surface area contributed by atoms with Gasteiger partial charge in [-0.25, -0.2) is 4.79 Å². The third-order valence-corrected chi connectivity index (χ3v) is 4.87. The second kappa shape index (κ2) is 8.45. The first-order valence-electron chi connectivity index (χ1n) is 8.18. The number of carboxylic acid groups (broad SMARTS) is 1. The Morgan fingerprint density at radius 2 is 1.27 bits per heavy atom. The lowest BCUT2D eigenvalue weighted by Crippen LogP contribution is -2.28. The van der Waals surface area contributed by atoms with Crippen LogP contribution in [0.25, 0.3) is 0 Å². The van der Waals surface area contributed by atoms with Gasteiger partial charge < -0.3 is 10.2 Å². The summed E-state index contributed by atoms with van der Waals surface area (Å²) >= 11 is 1.59. The molecule has 26 heavy (non-hydrogen) atoms. The van der Waals surface area contributed by atoms with Gasteiger partial charge >= 0.3 is 6.09 Å². The number of hydrogen-bond acceptors (Lipinski definition) is 3. The number of rotatable bonds is 6. The first-order chi connectivity index (χ1) is 12.6. The summed E-state index contributed by atoms with van der Waals surface area (Å²) in [4.78, 5) is 15.0. The molecule has 0 saturated heterocycles. The minimum Gasteiger partial charge on any atom is -0.508 e. The van der Waals surface area contributed by atoms with Gasteiger partial charge in [0.2, 0.25) is 0 Å². The van der Waals surface area contributed by atoms with E-state index in [9.17, 15) is 15.0 Å². The van der Waals surface area contributed by atoms with Crippen LogP contribution >= 0.6 is 11.8 Å². The highest BCUT2D eigenvalue weighted by Crippen LogP contribution is 2.29. The molecule has 0 aliphatic carbocycles. The minimum absolute atomic E-state index is 0.247. The van der Waals surface area contributed by atoms with Gasteiger partial charge in [0.25, 0.3) is 0 Å². The van der Waals surface area contributed by atoms with Gasteiger partial charge in [-0.2, -0.15) is 0 Å². The van der Waals surface area contributed by atoms with Crippen LogP contribution in [0.1, 0.15) is 11.1 Å². The molecule has 0 heterocycles. The predicted octanol–water partition coefficient (Wildman–Crippen LogP) is 5.22. The predicted molar refractivity (Wildman–Crippen MR) is 102 cm³/mol. The molecule has 1 amide bonds. The topological polar surface area (TPSA) is 60.8 Å². The first-order valence-corrected chi connectivity index (χ1v) is 8.99. The van der Waals surface area contributed by atoms with Gasteiger partial charge in [-0.1, -0.05) is 54.2 Å². The highest BCUT2D eigenvalue weighted by atomic mass is 32.2. The van der Waals surface area contributed by atoms with Crippen molar-refractivity contribution in [3.8, 4) is 5.75 Å². The second-order valence-corrected chi connectivity index (χ2v) is 7.01. The van der Waals surface area contributed by atoms with Crippen molar-refractivity contribution in [2.45, 2.75) is 22.9 Å². The Morgan fingerprint density at radius 3 is 1.81 bits per heavy atom. The van der Waals surface area contributed by atoms with Crippen LogP contribution in [-0.2, 0) is 13.1 Å². The molecule has 3 aromatic carbocycles. The number of hydrogen-bond donors (Lipinski definition) is 2. The summed E-state index contributed by atoms with van der Waals surface area (Å²) in [6.07, 6.45) is -0.934. The fraction of sp³-hybridized carbons (Fsp3) is 0.0952. The number of aromatic hydroxyl groups is 1. The summed E-state index contributed by atoms with van der Waals surface area (Å²) in [5, 5.41) is 18.8. The van der Waals surface area contributed by atoms with Crippen LogP contribution in [0.2, 0.25) is 0 Å². The summed E-state index contributed by atoms with van der Waals surface area (Å²) in [5.41, 5.74) is 1.91. The molecule has 4 nitrogen and oxygen atoms in total. The summed E-state index contributed by atoms with van der Waals surface area (Å²) in [7, 11) is 0. The summed E-state index contributed by atoms with van der Waals surface area (Å²) < 4.78 is 0. The Hall–Kier alpha value is -2.92. The average molecular weight is 365 g/mol.